The van der Waals surface area contributed by atoms with Gasteiger partial charge in [0, 0.05) is 45.6 Å². The molecule has 2 aliphatic rings. The molecule has 2 amide bonds. The van der Waals surface area contributed by atoms with Crippen molar-refractivity contribution >= 4 is 59.6 Å². The molecule has 0 spiro atoms. The number of carboxylic acids is 3. The molecule has 2 heterocycles. The molecular formula is C47H76N4O19. The largest absolute Gasteiger partial charge is 0.480 e. The summed E-state index contributed by atoms with van der Waals surface area (Å²) in [7, 11) is 0. The standard InChI is InChI=1S/C47H76N4O19/c52-27-11-5-6-13-29-67-46(64)36-17-15-23-50(36)38(53)19-9-3-1-2-4-10-20-39(54)51-24-16-18-37(51)47(65)68-30-14-8-7-12-28-66-43(61)21-22-44(62)69-35-70-45(63)34-49(33-42(59)60)26-25-48(31-40(55)56)32-41(57)58/h36-37,52H,1-35H2,(H,55,56)(H,57,58)(H,59,60). The van der Waals surface area contributed by atoms with Crippen molar-refractivity contribution in [2.24, 2.45) is 0 Å². The van der Waals surface area contributed by atoms with Crippen molar-refractivity contribution in [3.8, 4) is 0 Å². The molecule has 2 aliphatic heterocycles. The third-order valence-corrected chi connectivity index (χ3v) is 11.7. The molecule has 0 aromatic rings. The highest BCUT2D eigenvalue weighted by molar-refractivity contribution is 5.86. The molecule has 4 N–H and O–H groups in total. The number of ether oxygens (including phenoxy) is 5. The van der Waals surface area contributed by atoms with Crippen molar-refractivity contribution in [3.05, 3.63) is 0 Å². The Labute approximate surface area is 409 Å². The first-order valence-corrected chi connectivity index (χ1v) is 24.7. The van der Waals surface area contributed by atoms with Crippen LogP contribution in [-0.2, 0) is 71.6 Å². The quantitative estimate of drug-likeness (QED) is 0.0297. The van der Waals surface area contributed by atoms with Crippen molar-refractivity contribution in [1.29, 1.82) is 0 Å². The molecule has 0 aromatic heterocycles. The lowest BCUT2D eigenvalue weighted by atomic mass is 10.1. The van der Waals surface area contributed by atoms with Crippen LogP contribution < -0.4 is 0 Å². The Bertz CT molecular complexity index is 1650. The topological polar surface area (TPSA) is 311 Å². The van der Waals surface area contributed by atoms with Gasteiger partial charge in [0.05, 0.1) is 58.8 Å². The number of esters is 5. The Hall–Kier alpha value is -5.42. The average Bonchev–Trinajstić information content (AvgIpc) is 4.01. The van der Waals surface area contributed by atoms with Crippen LogP contribution in [0.1, 0.15) is 141 Å². The summed E-state index contributed by atoms with van der Waals surface area (Å²) in [6.45, 7) is -1.72. The summed E-state index contributed by atoms with van der Waals surface area (Å²) in [5.74, 6) is -7.17. The van der Waals surface area contributed by atoms with Crippen molar-refractivity contribution in [3.63, 3.8) is 0 Å². The molecule has 2 saturated heterocycles. The number of rotatable bonds is 40. The smallest absolute Gasteiger partial charge is 0.328 e. The summed E-state index contributed by atoms with van der Waals surface area (Å²) in [4.78, 5) is 126. The normalized spacial score (nSPS) is 15.5. The van der Waals surface area contributed by atoms with Crippen LogP contribution in [0, 0.1) is 0 Å². The Morgan fingerprint density at radius 1 is 0.429 bits per heavy atom. The summed E-state index contributed by atoms with van der Waals surface area (Å²) in [5.41, 5.74) is 0. The minimum atomic E-state index is -1.30. The van der Waals surface area contributed by atoms with Crippen molar-refractivity contribution in [2.45, 2.75) is 153 Å². The van der Waals surface area contributed by atoms with Crippen LogP contribution in [0.15, 0.2) is 0 Å². The van der Waals surface area contributed by atoms with E-state index in [9.17, 15) is 47.9 Å². The van der Waals surface area contributed by atoms with E-state index in [0.717, 1.165) is 80.4 Å². The van der Waals surface area contributed by atoms with Gasteiger partial charge in [0.25, 0.3) is 0 Å². The molecule has 70 heavy (non-hydrogen) atoms. The van der Waals surface area contributed by atoms with Gasteiger partial charge in [-0.15, -0.1) is 0 Å². The second-order valence-corrected chi connectivity index (χ2v) is 17.5. The zero-order chi connectivity index (χ0) is 51.5. The van der Waals surface area contributed by atoms with Crippen LogP contribution in [0.5, 0.6) is 0 Å². The Morgan fingerprint density at radius 3 is 1.24 bits per heavy atom. The highest BCUT2D eigenvalue weighted by atomic mass is 16.7. The minimum absolute atomic E-state index is 0.0137. The number of hydrogen-bond donors (Lipinski definition) is 4. The summed E-state index contributed by atoms with van der Waals surface area (Å²) in [6.07, 6.45) is 13.6. The fourth-order valence-corrected chi connectivity index (χ4v) is 8.04. The van der Waals surface area contributed by atoms with Crippen LogP contribution in [0.2, 0.25) is 0 Å². The van der Waals surface area contributed by atoms with Crippen LogP contribution >= 0.6 is 0 Å². The van der Waals surface area contributed by atoms with Crippen LogP contribution in [-0.4, -0.2) is 197 Å². The molecule has 398 valence electrons. The Morgan fingerprint density at radius 2 is 0.800 bits per heavy atom. The second-order valence-electron chi connectivity index (χ2n) is 17.5. The molecule has 0 aromatic carbocycles. The summed E-state index contributed by atoms with van der Waals surface area (Å²) < 4.78 is 25.6. The van der Waals surface area contributed by atoms with Crippen LogP contribution in [0.25, 0.3) is 0 Å². The Balaban J connectivity index is 1.49. The maximum Gasteiger partial charge on any atom is 0.328 e. The SMILES string of the molecule is O=C(O)CN(CCN(CC(=O)O)CC(=O)OCOC(=O)CCC(=O)OCCCCCCOC(=O)C1CCCN1C(=O)CCCCCCCCC(=O)N1CCCC1C(=O)OCCCCCCO)CC(=O)O. The zero-order valence-corrected chi connectivity index (χ0v) is 40.6. The molecule has 2 atom stereocenters. The van der Waals surface area contributed by atoms with E-state index in [4.69, 9.17) is 44.1 Å². The van der Waals surface area contributed by atoms with E-state index in [-0.39, 0.29) is 63.5 Å². The molecule has 2 fully saturated rings. The molecular weight excluding hydrogens is 925 g/mol. The number of amides is 2. The Kier molecular flexibility index (Phi) is 31.7. The van der Waals surface area contributed by atoms with Gasteiger partial charge in [0.15, 0.2) is 0 Å². The van der Waals surface area contributed by atoms with Crippen molar-refractivity contribution in [1.82, 2.24) is 19.6 Å². The molecule has 0 bridgehead atoms. The molecule has 2 rings (SSSR count). The summed E-state index contributed by atoms with van der Waals surface area (Å²) >= 11 is 0. The van der Waals surface area contributed by atoms with Gasteiger partial charge in [-0.05, 0) is 83.5 Å². The number of nitrogens with zero attached hydrogens (tertiary/aromatic N) is 4. The fourth-order valence-electron chi connectivity index (χ4n) is 8.04. The number of aliphatic hydroxyl groups excluding tert-OH is 1. The van der Waals surface area contributed by atoms with Gasteiger partial charge < -0.3 is 53.9 Å². The van der Waals surface area contributed by atoms with Gasteiger partial charge in [-0.2, -0.15) is 0 Å². The van der Waals surface area contributed by atoms with Gasteiger partial charge in [-0.25, -0.2) is 9.59 Å². The lowest BCUT2D eigenvalue weighted by molar-refractivity contribution is -0.169. The van der Waals surface area contributed by atoms with E-state index in [1.165, 1.54) is 0 Å². The van der Waals surface area contributed by atoms with Crippen molar-refractivity contribution in [2.75, 3.05) is 85.6 Å². The first-order chi connectivity index (χ1) is 33.6. The monoisotopic (exact) mass is 1000 g/mol. The molecule has 0 aliphatic carbocycles. The predicted octanol–water partition coefficient (Wildman–Crippen LogP) is 2.51. The number of carbonyl (C=O) groups is 10. The molecule has 23 nitrogen and oxygen atoms in total. The third-order valence-electron chi connectivity index (χ3n) is 11.7. The van der Waals surface area contributed by atoms with E-state index in [1.807, 2.05) is 0 Å². The maximum atomic E-state index is 13.0. The predicted molar refractivity (Wildman–Crippen MR) is 245 cm³/mol. The molecule has 0 radical (unpaired) electrons. The van der Waals surface area contributed by atoms with Gasteiger partial charge in [0.2, 0.25) is 18.6 Å². The van der Waals surface area contributed by atoms with E-state index in [0.29, 0.717) is 77.5 Å². The highest BCUT2D eigenvalue weighted by Gasteiger charge is 2.36. The summed E-state index contributed by atoms with van der Waals surface area (Å²) in [5, 5.41) is 35.9. The van der Waals surface area contributed by atoms with Gasteiger partial charge in [-0.3, -0.25) is 48.2 Å². The highest BCUT2D eigenvalue weighted by Crippen LogP contribution is 2.23. The number of likely N-dealkylation sites (tertiary alicyclic amines) is 2. The molecule has 2 unspecified atom stereocenters. The fraction of sp³-hybridized carbons (Fsp3) is 0.787. The summed E-state index contributed by atoms with van der Waals surface area (Å²) in [6, 6.07) is -1.09. The van der Waals surface area contributed by atoms with Gasteiger partial charge in [-0.1, -0.05) is 32.1 Å². The van der Waals surface area contributed by atoms with Crippen LogP contribution in [0.4, 0.5) is 0 Å². The number of aliphatic carboxylic acids is 3. The zero-order valence-electron chi connectivity index (χ0n) is 40.6. The maximum absolute atomic E-state index is 13.0. The third kappa shape index (κ3) is 27.7. The number of unbranched alkanes of at least 4 members (excludes halogenated alkanes) is 11. The number of aliphatic hydroxyl groups is 1. The van der Waals surface area contributed by atoms with Crippen molar-refractivity contribution < 1.29 is 92.1 Å². The second kappa shape index (κ2) is 36.5. The first kappa shape index (κ1) is 60.7. The number of hydrogen-bond acceptors (Lipinski definition) is 18. The van der Waals surface area contributed by atoms with E-state index in [1.54, 1.807) is 9.80 Å². The van der Waals surface area contributed by atoms with E-state index < -0.39 is 86.8 Å². The lowest BCUT2D eigenvalue weighted by Crippen LogP contribution is -2.43. The average molecular weight is 1000 g/mol. The van der Waals surface area contributed by atoms with Gasteiger partial charge in [0.1, 0.15) is 12.1 Å². The number of carbonyl (C=O) groups excluding carboxylic acids is 7. The van der Waals surface area contributed by atoms with Crippen LogP contribution in [0.3, 0.4) is 0 Å². The van der Waals surface area contributed by atoms with E-state index in [2.05, 4.69) is 0 Å². The molecule has 23 heteroatoms. The van der Waals surface area contributed by atoms with Gasteiger partial charge >= 0.3 is 47.8 Å². The molecule has 0 saturated carbocycles. The lowest BCUT2D eigenvalue weighted by Gasteiger charge is -2.24. The number of carboxylic acid groups (broad SMARTS) is 3. The minimum Gasteiger partial charge on any atom is -0.480 e. The first-order valence-electron chi connectivity index (χ1n) is 24.7. The van der Waals surface area contributed by atoms with E-state index >= 15 is 0 Å².